The smallest absolute Gasteiger partial charge is 0.870 e. The second-order valence-electron chi connectivity index (χ2n) is 23.8. The minimum Gasteiger partial charge on any atom is -0.870 e. The largest absolute Gasteiger partial charge is 1.00 e. The molecule has 1 saturated heterocycles. The molecule has 6 aromatic heterocycles. The van der Waals surface area contributed by atoms with E-state index in [1.165, 1.54) is 34.6 Å². The average molecular weight is 1890 g/mol. The van der Waals surface area contributed by atoms with E-state index in [-0.39, 0.29) is 175 Å². The number of esters is 4. The summed E-state index contributed by atoms with van der Waals surface area (Å²) in [5.41, 5.74) is 9.27. The van der Waals surface area contributed by atoms with E-state index in [9.17, 15) is 38.4 Å². The van der Waals surface area contributed by atoms with Gasteiger partial charge in [0.1, 0.15) is 21.6 Å². The van der Waals surface area contributed by atoms with E-state index in [0.29, 0.717) is 47.0 Å². The second-order valence-corrected chi connectivity index (χ2v) is 37.3. The average Bonchev–Trinajstić information content (AvgIpc) is 1.64. The van der Waals surface area contributed by atoms with Gasteiger partial charge in [-0.05, 0) is 162 Å². The van der Waals surface area contributed by atoms with Crippen LogP contribution in [0.1, 0.15) is 154 Å². The number of carboxylic acids is 1. The minimum absolute atomic E-state index is 0. The molecule has 0 aliphatic carbocycles. The van der Waals surface area contributed by atoms with Crippen molar-refractivity contribution in [1.29, 1.82) is 5.26 Å². The zero-order valence-corrected chi connectivity index (χ0v) is 79.5. The summed E-state index contributed by atoms with van der Waals surface area (Å²) in [4.78, 5) is 107. The van der Waals surface area contributed by atoms with Crippen LogP contribution in [0.5, 0.6) is 0 Å². The molecule has 0 atom stereocenters. The number of carbonyl (C=O) groups is 7. The van der Waals surface area contributed by atoms with Crippen LogP contribution in [0.15, 0.2) is 133 Å². The number of carboxylic acid groups (broad SMARTS) is 1. The maximum absolute atomic E-state index is 11.0. The molecule has 0 amide bonds. The normalized spacial score (nSPS) is 10.6. The first-order valence-corrected chi connectivity index (χ1v) is 39.6. The molecule has 1 aliphatic heterocycles. The van der Waals surface area contributed by atoms with Gasteiger partial charge in [-0.3, -0.25) is 54.8 Å². The first-order valence-electron chi connectivity index (χ1n) is 31.5. The summed E-state index contributed by atoms with van der Waals surface area (Å²) in [7, 11) is 6.24. The summed E-state index contributed by atoms with van der Waals surface area (Å²) in [6.07, 6.45) is 13.6. The maximum Gasteiger partial charge on any atom is 1.00 e. The quantitative estimate of drug-likeness (QED) is 0.0125. The van der Waals surface area contributed by atoms with Crippen molar-refractivity contribution in [2.75, 3.05) is 35.5 Å². The number of aliphatic carboxylic acids is 1. The molecular formula is C75H108BBr2Cl4N7Na2O18PdSi-2. The fourth-order valence-electron chi connectivity index (χ4n) is 6.34. The number of carbonyl (C=O) groups excluding carboxylic acids is 7. The SMILES string of the molecule is C.C=C(C)B1OC(C)(C)C(C)(C)O1.C=C(C)c1ccc(CC(=O)OC)cn1.CC(C)c1ccc(C[C-]=O)cn1.CCC#N.CO.COC(=O)Cc1ccc(Br)nc1.COC(=O)Cc1ccc(C(C)C)nc1.COC(=O)Cc1ccc(Cl)nc1.C[Si](C)(C)Br.O=C(Cl)C(=O)Cl.O=C(O)Cc1ccc(Cl)nc1.[CH3-].[HH].[Na+].[Na+].[OH-].[OH-].[Pd]. The van der Waals surface area contributed by atoms with Gasteiger partial charge < -0.3 is 61.6 Å². The number of pyridine rings is 6. The van der Waals surface area contributed by atoms with Crippen molar-refractivity contribution < 1.29 is 169 Å². The Morgan fingerprint density at radius 1 is 0.595 bits per heavy atom. The Hall–Kier alpha value is -4.91. The molecule has 7 rings (SSSR count). The second kappa shape index (κ2) is 73.9. The van der Waals surface area contributed by atoms with Gasteiger partial charge in [-0.15, -0.1) is 28.3 Å². The van der Waals surface area contributed by atoms with Gasteiger partial charge in [-0.25, -0.2) is 15.0 Å². The van der Waals surface area contributed by atoms with Crippen LogP contribution in [0.2, 0.25) is 29.9 Å². The van der Waals surface area contributed by atoms with Crippen molar-refractivity contribution in [1.82, 2.24) is 29.9 Å². The molecule has 0 unspecified atom stereocenters. The number of aromatic nitrogens is 6. The van der Waals surface area contributed by atoms with Crippen LogP contribution in [0.3, 0.4) is 0 Å². The van der Waals surface area contributed by atoms with Crippen molar-refractivity contribution in [3.05, 3.63) is 201 Å². The Morgan fingerprint density at radius 2 is 0.874 bits per heavy atom. The molecule has 1 aliphatic rings. The van der Waals surface area contributed by atoms with E-state index >= 15 is 0 Å². The number of hydrogen-bond acceptors (Lipinski definition) is 24. The molecule has 0 aromatic carbocycles. The molecular weight excluding hydrogens is 1780 g/mol. The first kappa shape index (κ1) is 130. The van der Waals surface area contributed by atoms with E-state index in [1.54, 1.807) is 61.3 Å². The third kappa shape index (κ3) is 70.3. The standard InChI is InChI=1S/C11H15NO2.C11H13NO2.C10H12NO.C9H17BO2.C8H8BrNO2.C8H8ClNO2.C7H6ClNO2.C3H9BrSi.C3H5N.C2Cl2O2.CH4O.CH4.CH3.2Na.2H2O.Pd.H2/c2*1-8(2)10-5-4-9(7-12-10)6-11(13)14-3;1-8(2)10-4-3-9(5-6-12)7-11-10;1-7(2)10-11-8(3,4)9(5,6)12-10;2*1-12-8(11)4-6-2-3-7(9)10-5-6;8-6-2-1-5(4-9-6)3-7(10)11;1-5(2,3)4;1-2-3-4;3-1(5)2(4)6;1-2;;;;;;;;/h4-5,7-8H,6H2,1-3H3;4-5,7H,1,6H2,2-3H3;3-4,7-8H,5H2,1-2H3;1H2,2-6H3;2*2-3,5H,4H2,1H3;1-2,4H,3H2,(H,10,11);1-3H3;2H2,1H3;;2H,1H3;1H4;1H3;;;2*1H2;;1H/q;;-1;;;;;;;;;;-1;2*+1;;;;/p-2. The monoisotopic (exact) mass is 1880 g/mol. The fourth-order valence-corrected chi connectivity index (χ4v) is 6.79. The van der Waals surface area contributed by atoms with Crippen LogP contribution in [-0.2, 0) is 126 Å². The predicted molar refractivity (Wildman–Crippen MR) is 438 cm³/mol. The molecule has 111 heavy (non-hydrogen) atoms. The van der Waals surface area contributed by atoms with Crippen molar-refractivity contribution >= 4 is 144 Å². The molecule has 7 heterocycles. The fraction of sp³-hybridized carbons (Fsp3) is 0.413. The van der Waals surface area contributed by atoms with Gasteiger partial charge in [0.15, 0.2) is 0 Å². The number of halogens is 6. The van der Waals surface area contributed by atoms with Crippen LogP contribution in [0.25, 0.3) is 5.57 Å². The number of ether oxygens (including phenoxy) is 4. The number of nitriles is 1. The van der Waals surface area contributed by atoms with Gasteiger partial charge in [-0.2, -0.15) is 5.26 Å². The molecule has 614 valence electrons. The molecule has 25 nitrogen and oxygen atoms in total. The number of nitrogens with zero attached hydrogens (tertiary/aromatic N) is 7. The molecule has 1 fully saturated rings. The van der Waals surface area contributed by atoms with Gasteiger partial charge in [0.05, 0.1) is 83.5 Å². The van der Waals surface area contributed by atoms with Crippen LogP contribution in [0, 0.1) is 18.8 Å². The van der Waals surface area contributed by atoms with E-state index in [1.807, 2.05) is 103 Å². The molecule has 0 bridgehead atoms. The third-order valence-electron chi connectivity index (χ3n) is 12.4. The number of allylic oxidation sites excluding steroid dienone is 2. The van der Waals surface area contributed by atoms with Gasteiger partial charge in [0, 0.05) is 83.9 Å². The number of methoxy groups -OCH3 is 4. The van der Waals surface area contributed by atoms with E-state index in [4.69, 9.17) is 48.0 Å². The summed E-state index contributed by atoms with van der Waals surface area (Å²) >= 11 is 26.7. The Balaban J connectivity index is -0.0000000996. The van der Waals surface area contributed by atoms with E-state index in [0.717, 1.165) is 67.7 Å². The van der Waals surface area contributed by atoms with Crippen molar-refractivity contribution in [3.63, 3.8) is 0 Å². The summed E-state index contributed by atoms with van der Waals surface area (Å²) in [6.45, 7) is 35.7. The predicted octanol–water partition coefficient (Wildman–Crippen LogP) is 10.4. The molecule has 0 saturated carbocycles. The number of rotatable bonds is 17. The van der Waals surface area contributed by atoms with Gasteiger partial charge in [0.2, 0.25) is 0 Å². The Morgan fingerprint density at radius 3 is 1.07 bits per heavy atom. The van der Waals surface area contributed by atoms with Crippen molar-refractivity contribution in [2.24, 2.45) is 0 Å². The van der Waals surface area contributed by atoms with Crippen molar-refractivity contribution in [2.45, 2.75) is 171 Å². The number of hydrogen-bond donors (Lipinski definition) is 2. The summed E-state index contributed by atoms with van der Waals surface area (Å²) < 4.78 is 30.3. The van der Waals surface area contributed by atoms with Crippen LogP contribution in [-0.4, -0.2) is 158 Å². The van der Waals surface area contributed by atoms with Crippen LogP contribution < -0.4 is 59.1 Å². The van der Waals surface area contributed by atoms with Crippen molar-refractivity contribution in [3.8, 4) is 6.07 Å². The zero-order valence-electron chi connectivity index (χ0n) is 66.7. The van der Waals surface area contributed by atoms with Gasteiger partial charge >= 0.3 is 107 Å². The maximum atomic E-state index is 11.0. The summed E-state index contributed by atoms with van der Waals surface area (Å²) in [6, 6.07) is 23.6. The molecule has 0 spiro atoms. The zero-order chi connectivity index (χ0) is 80.9. The van der Waals surface area contributed by atoms with Gasteiger partial charge in [0.25, 0.3) is 0 Å². The molecule has 0 radical (unpaired) electrons. The molecule has 36 heteroatoms. The third-order valence-corrected chi connectivity index (χ3v) is 13.8. The Kier molecular flexibility index (Phi) is 86.3. The number of aliphatic hydroxyl groups excluding tert-OH is 1. The summed E-state index contributed by atoms with van der Waals surface area (Å²) in [5, 5.41) is 21.5. The van der Waals surface area contributed by atoms with Gasteiger partial charge in [-0.1, -0.05) is 139 Å². The van der Waals surface area contributed by atoms with Crippen LogP contribution >= 0.6 is 77.6 Å². The Bertz CT molecular complexity index is 3500. The van der Waals surface area contributed by atoms with E-state index in [2.05, 4.69) is 164 Å². The van der Waals surface area contributed by atoms with E-state index < -0.39 is 23.1 Å². The first-order chi connectivity index (χ1) is 48.4. The topological polar surface area (TPSA) is 394 Å². The molecule has 6 aromatic rings. The molecule has 4 N–H and O–H groups in total. The minimum atomic E-state index is -1.14. The van der Waals surface area contributed by atoms with Crippen LogP contribution in [0.4, 0.5) is 0 Å². The number of aliphatic hydroxyl groups is 1. The Labute approximate surface area is 754 Å². The summed E-state index contributed by atoms with van der Waals surface area (Å²) in [5.74, 6) is -1.02.